The monoisotopic (exact) mass is 304 g/mol. The summed E-state index contributed by atoms with van der Waals surface area (Å²) in [5.74, 6) is 0.333. The minimum atomic E-state index is -3.53. The van der Waals surface area contributed by atoms with Gasteiger partial charge in [-0.15, -0.1) is 0 Å². The molecule has 0 amide bonds. The molecule has 0 N–H and O–H groups in total. The first-order valence-corrected chi connectivity index (χ1v) is 9.04. The van der Waals surface area contributed by atoms with Crippen molar-refractivity contribution in [3.63, 3.8) is 0 Å². The van der Waals surface area contributed by atoms with Crippen molar-refractivity contribution in [1.29, 1.82) is 0 Å². The number of fused-ring (bicyclic) bond motifs is 2. The van der Waals surface area contributed by atoms with Gasteiger partial charge in [0.15, 0.2) is 15.6 Å². The number of ketones is 1. The number of rotatable bonds is 4. The molecule has 2 aliphatic carbocycles. The predicted octanol–water partition coefficient (Wildman–Crippen LogP) is 2.80. The maximum Gasteiger partial charge on any atom is 0.185 e. The third kappa shape index (κ3) is 2.57. The van der Waals surface area contributed by atoms with E-state index in [1.165, 1.54) is 0 Å². The molecule has 4 atom stereocenters. The van der Waals surface area contributed by atoms with Crippen LogP contribution in [0.5, 0.6) is 0 Å². The first-order valence-electron chi connectivity index (χ1n) is 7.39. The van der Waals surface area contributed by atoms with Crippen LogP contribution < -0.4 is 0 Å². The maximum atomic E-state index is 12.5. The van der Waals surface area contributed by atoms with Gasteiger partial charge in [-0.1, -0.05) is 36.8 Å². The summed E-state index contributed by atoms with van der Waals surface area (Å²) in [5, 5.41) is 0. The Balaban J connectivity index is 1.78. The SMILES string of the molecule is Cc1ccc(S(=O)(=O)CC(=O)[C@@H]2[C@@H](C)[C@@H]3C=C[C@H]2C3)cc1. The molecule has 1 aromatic carbocycles. The zero-order valence-electron chi connectivity index (χ0n) is 12.3. The Morgan fingerprint density at radius 2 is 1.76 bits per heavy atom. The third-order valence-corrected chi connectivity index (χ3v) is 6.59. The van der Waals surface area contributed by atoms with E-state index >= 15 is 0 Å². The number of benzene rings is 1. The molecule has 0 unspecified atom stereocenters. The van der Waals surface area contributed by atoms with Gasteiger partial charge in [0.05, 0.1) is 4.90 Å². The molecular formula is C17H20O3S. The van der Waals surface area contributed by atoms with Crippen LogP contribution in [0.3, 0.4) is 0 Å². The lowest BCUT2D eigenvalue weighted by molar-refractivity contribution is -0.122. The lowest BCUT2D eigenvalue weighted by atomic mass is 9.82. The van der Waals surface area contributed by atoms with Crippen molar-refractivity contribution in [2.24, 2.45) is 23.7 Å². The van der Waals surface area contributed by atoms with Gasteiger partial charge in [-0.2, -0.15) is 0 Å². The second-order valence-electron chi connectivity index (χ2n) is 6.37. The molecule has 3 rings (SSSR count). The number of hydrogen-bond donors (Lipinski definition) is 0. The second kappa shape index (κ2) is 5.09. The van der Waals surface area contributed by atoms with Gasteiger partial charge in [-0.25, -0.2) is 8.42 Å². The van der Waals surface area contributed by atoms with Crippen LogP contribution in [0.15, 0.2) is 41.3 Å². The summed E-state index contributed by atoms with van der Waals surface area (Å²) in [5.41, 5.74) is 1.01. The van der Waals surface area contributed by atoms with E-state index in [9.17, 15) is 13.2 Å². The van der Waals surface area contributed by atoms with Crippen LogP contribution in [-0.2, 0) is 14.6 Å². The van der Waals surface area contributed by atoms with E-state index in [1.54, 1.807) is 24.3 Å². The van der Waals surface area contributed by atoms with Crippen LogP contribution in [0, 0.1) is 30.6 Å². The number of carbonyl (C=O) groups excluding carboxylic acids is 1. The van der Waals surface area contributed by atoms with Crippen molar-refractivity contribution in [1.82, 2.24) is 0 Å². The van der Waals surface area contributed by atoms with E-state index in [0.29, 0.717) is 5.92 Å². The Hall–Kier alpha value is -1.42. The summed E-state index contributed by atoms with van der Waals surface area (Å²) >= 11 is 0. The molecule has 0 aromatic heterocycles. The average molecular weight is 304 g/mol. The summed E-state index contributed by atoms with van der Waals surface area (Å²) < 4.78 is 24.8. The third-order valence-electron chi connectivity index (χ3n) is 4.94. The van der Waals surface area contributed by atoms with E-state index < -0.39 is 9.84 Å². The van der Waals surface area contributed by atoms with Crippen LogP contribution in [0.25, 0.3) is 0 Å². The van der Waals surface area contributed by atoms with Crippen molar-refractivity contribution in [2.75, 3.05) is 5.75 Å². The van der Waals surface area contributed by atoms with Crippen LogP contribution >= 0.6 is 0 Å². The number of allylic oxidation sites excluding steroid dienone is 2. The van der Waals surface area contributed by atoms with Crippen LogP contribution in [0.1, 0.15) is 18.9 Å². The topological polar surface area (TPSA) is 51.2 Å². The average Bonchev–Trinajstić information content (AvgIpc) is 2.99. The zero-order chi connectivity index (χ0) is 15.2. The van der Waals surface area contributed by atoms with Crippen molar-refractivity contribution in [3.8, 4) is 0 Å². The first kappa shape index (κ1) is 14.5. The highest BCUT2D eigenvalue weighted by Crippen LogP contribution is 2.48. The second-order valence-corrected chi connectivity index (χ2v) is 8.36. The van der Waals surface area contributed by atoms with E-state index in [-0.39, 0.29) is 34.2 Å². The van der Waals surface area contributed by atoms with Gasteiger partial charge < -0.3 is 0 Å². The summed E-state index contributed by atoms with van der Waals surface area (Å²) in [4.78, 5) is 12.7. The van der Waals surface area contributed by atoms with Crippen LogP contribution in [0.4, 0.5) is 0 Å². The fourth-order valence-electron chi connectivity index (χ4n) is 3.71. The highest BCUT2D eigenvalue weighted by Gasteiger charge is 2.46. The highest BCUT2D eigenvalue weighted by molar-refractivity contribution is 7.92. The Bertz CT molecular complexity index is 685. The van der Waals surface area contributed by atoms with Crippen molar-refractivity contribution in [2.45, 2.75) is 25.2 Å². The minimum Gasteiger partial charge on any atom is -0.298 e. The van der Waals surface area contributed by atoms with Crippen molar-refractivity contribution < 1.29 is 13.2 Å². The van der Waals surface area contributed by atoms with E-state index in [1.807, 2.05) is 6.92 Å². The number of hydrogen-bond acceptors (Lipinski definition) is 3. The molecule has 0 aliphatic heterocycles. The van der Waals surface area contributed by atoms with Crippen molar-refractivity contribution >= 4 is 15.6 Å². The first-order chi connectivity index (χ1) is 9.88. The fourth-order valence-corrected chi connectivity index (χ4v) is 5.00. The summed E-state index contributed by atoms with van der Waals surface area (Å²) in [6.45, 7) is 3.97. The van der Waals surface area contributed by atoms with Gasteiger partial charge in [0, 0.05) is 5.92 Å². The van der Waals surface area contributed by atoms with E-state index in [0.717, 1.165) is 12.0 Å². The largest absolute Gasteiger partial charge is 0.298 e. The molecule has 1 fully saturated rings. The lowest BCUT2D eigenvalue weighted by Crippen LogP contribution is -2.31. The Labute approximate surface area is 126 Å². The van der Waals surface area contributed by atoms with Gasteiger partial charge in [0.1, 0.15) is 5.75 Å². The zero-order valence-corrected chi connectivity index (χ0v) is 13.1. The quantitative estimate of drug-likeness (QED) is 0.804. The number of sulfone groups is 1. The van der Waals surface area contributed by atoms with Crippen molar-refractivity contribution in [3.05, 3.63) is 42.0 Å². The number of carbonyl (C=O) groups is 1. The highest BCUT2D eigenvalue weighted by atomic mass is 32.2. The van der Waals surface area contributed by atoms with Gasteiger partial charge >= 0.3 is 0 Å². The molecule has 21 heavy (non-hydrogen) atoms. The van der Waals surface area contributed by atoms with Crippen LogP contribution in [0.2, 0.25) is 0 Å². The Morgan fingerprint density at radius 1 is 1.14 bits per heavy atom. The molecule has 112 valence electrons. The molecule has 0 saturated heterocycles. The lowest BCUT2D eigenvalue weighted by Gasteiger charge is -2.23. The maximum absolute atomic E-state index is 12.5. The molecule has 0 heterocycles. The van der Waals surface area contributed by atoms with E-state index in [2.05, 4.69) is 19.1 Å². The number of aryl methyl sites for hydroxylation is 1. The predicted molar refractivity (Wildman–Crippen MR) is 81.6 cm³/mol. The summed E-state index contributed by atoms with van der Waals surface area (Å²) in [6, 6.07) is 6.70. The van der Waals surface area contributed by atoms with Gasteiger partial charge in [-0.05, 0) is 43.2 Å². The minimum absolute atomic E-state index is 0.125. The Kier molecular flexibility index (Phi) is 3.52. The van der Waals surface area contributed by atoms with Gasteiger partial charge in [-0.3, -0.25) is 4.79 Å². The molecule has 0 spiro atoms. The van der Waals surface area contributed by atoms with Gasteiger partial charge in [0.2, 0.25) is 0 Å². The smallest absolute Gasteiger partial charge is 0.185 e. The van der Waals surface area contributed by atoms with Gasteiger partial charge in [0.25, 0.3) is 0 Å². The van der Waals surface area contributed by atoms with E-state index in [4.69, 9.17) is 0 Å². The summed E-state index contributed by atoms with van der Waals surface area (Å²) in [6.07, 6.45) is 5.27. The fraction of sp³-hybridized carbons (Fsp3) is 0.471. The molecular weight excluding hydrogens is 284 g/mol. The molecule has 1 saturated carbocycles. The molecule has 4 heteroatoms. The van der Waals surface area contributed by atoms with Crippen LogP contribution in [-0.4, -0.2) is 20.0 Å². The molecule has 2 bridgehead atoms. The summed E-state index contributed by atoms with van der Waals surface area (Å²) in [7, 11) is -3.53. The molecule has 1 aromatic rings. The number of Topliss-reactive ketones (excluding diaryl/α,β-unsaturated/α-hetero) is 1. The standard InChI is InChI=1S/C17H20O3S/c1-11-3-7-15(8-4-11)21(19,20)10-16(18)17-12(2)13-5-6-14(17)9-13/h3-8,12-14,17H,9-10H2,1-2H3/t12-,13+,14-,17+/m0/s1. The molecule has 2 aliphatic rings. The molecule has 0 radical (unpaired) electrons. The molecule has 3 nitrogen and oxygen atoms in total. The Morgan fingerprint density at radius 3 is 2.33 bits per heavy atom. The normalized spacial score (nSPS) is 30.8.